The third-order valence-corrected chi connectivity index (χ3v) is 4.96. The fourth-order valence-corrected chi connectivity index (χ4v) is 3.63. The topological polar surface area (TPSA) is 49.4 Å². The molecule has 4 nitrogen and oxygen atoms in total. The van der Waals surface area contributed by atoms with Crippen molar-refractivity contribution in [1.82, 2.24) is 5.32 Å². The molecule has 24 heavy (non-hydrogen) atoms. The van der Waals surface area contributed by atoms with E-state index in [-0.39, 0.29) is 17.9 Å². The maximum Gasteiger partial charge on any atom is 0.265 e. The summed E-state index contributed by atoms with van der Waals surface area (Å²) in [5, 5.41) is 2.90. The number of hydrogen-bond donors (Lipinski definition) is 1. The van der Waals surface area contributed by atoms with E-state index in [9.17, 15) is 9.59 Å². The predicted molar refractivity (Wildman–Crippen MR) is 96.8 cm³/mol. The minimum absolute atomic E-state index is 0.121. The number of thioether (sulfide) groups is 1. The van der Waals surface area contributed by atoms with Crippen molar-refractivity contribution < 1.29 is 9.59 Å². The molecular formula is C19H18N2O2S. The quantitative estimate of drug-likeness (QED) is 0.871. The smallest absolute Gasteiger partial charge is 0.265 e. The number of nitrogens with zero attached hydrogens (tertiary/aromatic N) is 1. The van der Waals surface area contributed by atoms with Crippen LogP contribution in [0.15, 0.2) is 70.5 Å². The summed E-state index contributed by atoms with van der Waals surface area (Å²) in [6.07, 6.45) is 1.39. The molecule has 1 aliphatic heterocycles. The van der Waals surface area contributed by atoms with Gasteiger partial charge in [0.15, 0.2) is 0 Å². The first-order valence-corrected chi connectivity index (χ1v) is 8.50. The molecule has 3 rings (SSSR count). The van der Waals surface area contributed by atoms with E-state index < -0.39 is 0 Å². The molecule has 2 amide bonds. The molecule has 2 aromatic carbocycles. The lowest BCUT2D eigenvalue weighted by molar-refractivity contribution is -0.118. The number of likely N-dealkylation sites (N-methyl/N-ethyl adjacent to an activating group) is 1. The normalized spacial score (nSPS) is 16.7. The van der Waals surface area contributed by atoms with E-state index >= 15 is 0 Å². The Morgan fingerprint density at radius 3 is 2.54 bits per heavy atom. The van der Waals surface area contributed by atoms with Crippen molar-refractivity contribution in [3.63, 3.8) is 0 Å². The van der Waals surface area contributed by atoms with Crippen LogP contribution in [-0.4, -0.2) is 18.9 Å². The van der Waals surface area contributed by atoms with Crippen molar-refractivity contribution in [2.45, 2.75) is 17.9 Å². The van der Waals surface area contributed by atoms with E-state index in [0.29, 0.717) is 4.91 Å². The van der Waals surface area contributed by atoms with Crippen LogP contribution in [0.5, 0.6) is 0 Å². The molecule has 1 N–H and O–H groups in total. The van der Waals surface area contributed by atoms with Gasteiger partial charge in [0.25, 0.3) is 5.91 Å². The summed E-state index contributed by atoms with van der Waals surface area (Å²) in [4.78, 5) is 27.7. The summed E-state index contributed by atoms with van der Waals surface area (Å²) in [5.41, 5.74) is 1.89. The highest BCUT2D eigenvalue weighted by Gasteiger charge is 2.26. The van der Waals surface area contributed by atoms with Crippen LogP contribution in [0.2, 0.25) is 0 Å². The number of fused-ring (bicyclic) bond motifs is 1. The van der Waals surface area contributed by atoms with Gasteiger partial charge in [0, 0.05) is 18.0 Å². The van der Waals surface area contributed by atoms with Crippen LogP contribution >= 0.6 is 11.8 Å². The molecule has 0 spiro atoms. The number of rotatable bonds is 3. The van der Waals surface area contributed by atoms with Gasteiger partial charge < -0.3 is 10.2 Å². The zero-order valence-electron chi connectivity index (χ0n) is 13.5. The number of hydrogen-bond acceptors (Lipinski definition) is 3. The number of nitrogens with one attached hydrogen (secondary N) is 1. The average molecular weight is 338 g/mol. The van der Waals surface area contributed by atoms with Crippen molar-refractivity contribution in [1.29, 1.82) is 0 Å². The molecule has 1 heterocycles. The highest BCUT2D eigenvalue weighted by atomic mass is 32.2. The molecule has 122 valence electrons. The highest BCUT2D eigenvalue weighted by molar-refractivity contribution is 8.04. The van der Waals surface area contributed by atoms with E-state index in [1.807, 2.05) is 61.5 Å². The van der Waals surface area contributed by atoms with Gasteiger partial charge in [-0.15, -0.1) is 0 Å². The Morgan fingerprint density at radius 2 is 1.79 bits per heavy atom. The summed E-state index contributed by atoms with van der Waals surface area (Å²) in [7, 11) is 1.72. The molecule has 1 atom stereocenters. The SMILES string of the molecule is C[C@@H](NC(=O)/C=C1/Sc2ccccc2N(C)C1=O)c1ccccc1. The number of carbonyl (C=O) groups is 2. The van der Waals surface area contributed by atoms with Crippen molar-refractivity contribution in [3.8, 4) is 0 Å². The van der Waals surface area contributed by atoms with E-state index in [1.54, 1.807) is 11.9 Å². The maximum absolute atomic E-state index is 12.4. The number of para-hydroxylation sites is 1. The third kappa shape index (κ3) is 3.36. The molecule has 0 bridgehead atoms. The van der Waals surface area contributed by atoms with Gasteiger partial charge >= 0.3 is 0 Å². The highest BCUT2D eigenvalue weighted by Crippen LogP contribution is 2.40. The third-order valence-electron chi connectivity index (χ3n) is 3.88. The zero-order chi connectivity index (χ0) is 17.1. The van der Waals surface area contributed by atoms with Gasteiger partial charge in [0.1, 0.15) is 0 Å². The van der Waals surface area contributed by atoms with E-state index in [4.69, 9.17) is 0 Å². The van der Waals surface area contributed by atoms with Gasteiger partial charge in [-0.3, -0.25) is 9.59 Å². The van der Waals surface area contributed by atoms with Gasteiger partial charge in [-0.1, -0.05) is 54.2 Å². The molecule has 0 radical (unpaired) electrons. The van der Waals surface area contributed by atoms with Gasteiger partial charge in [0.2, 0.25) is 5.91 Å². The summed E-state index contributed by atoms with van der Waals surface area (Å²) in [6, 6.07) is 17.3. The van der Waals surface area contributed by atoms with Crippen molar-refractivity contribution in [2.24, 2.45) is 0 Å². The van der Waals surface area contributed by atoms with Crippen LogP contribution in [0.25, 0.3) is 0 Å². The molecule has 0 saturated heterocycles. The monoisotopic (exact) mass is 338 g/mol. The fourth-order valence-electron chi connectivity index (χ4n) is 2.55. The maximum atomic E-state index is 12.4. The summed E-state index contributed by atoms with van der Waals surface area (Å²) in [5.74, 6) is -0.434. The van der Waals surface area contributed by atoms with E-state index in [0.717, 1.165) is 16.1 Å². The number of carbonyl (C=O) groups excluding carboxylic acids is 2. The Morgan fingerprint density at radius 1 is 1.12 bits per heavy atom. The van der Waals surface area contributed by atoms with Crippen LogP contribution in [0.3, 0.4) is 0 Å². The molecule has 0 aromatic heterocycles. The van der Waals surface area contributed by atoms with Crippen molar-refractivity contribution >= 4 is 29.3 Å². The van der Waals surface area contributed by atoms with Crippen molar-refractivity contribution in [3.05, 3.63) is 71.1 Å². The van der Waals surface area contributed by atoms with Gasteiger partial charge in [-0.2, -0.15) is 0 Å². The summed E-state index contributed by atoms with van der Waals surface area (Å²) >= 11 is 1.33. The largest absolute Gasteiger partial charge is 0.346 e. The lowest BCUT2D eigenvalue weighted by Gasteiger charge is -2.26. The Hall–Kier alpha value is -2.53. The van der Waals surface area contributed by atoms with Gasteiger partial charge in [-0.05, 0) is 24.6 Å². The van der Waals surface area contributed by atoms with Crippen molar-refractivity contribution in [2.75, 3.05) is 11.9 Å². The Labute approximate surface area is 145 Å². The number of amides is 2. The number of anilines is 1. The van der Waals surface area contributed by atoms with E-state index in [2.05, 4.69) is 5.32 Å². The van der Waals surface area contributed by atoms with Gasteiger partial charge in [0.05, 0.1) is 16.6 Å². The lowest BCUT2D eigenvalue weighted by Crippen LogP contribution is -2.32. The Bertz CT molecular complexity index is 802. The molecule has 0 fully saturated rings. The molecular weight excluding hydrogens is 320 g/mol. The zero-order valence-corrected chi connectivity index (χ0v) is 14.3. The minimum Gasteiger partial charge on any atom is -0.346 e. The molecule has 0 saturated carbocycles. The Kier molecular flexibility index (Phi) is 4.71. The van der Waals surface area contributed by atoms with Crippen LogP contribution in [0.1, 0.15) is 18.5 Å². The predicted octanol–water partition coefficient (Wildman–Crippen LogP) is 3.52. The first-order chi connectivity index (χ1) is 11.6. The summed E-state index contributed by atoms with van der Waals surface area (Å²) < 4.78 is 0. The van der Waals surface area contributed by atoms with E-state index in [1.165, 1.54) is 17.8 Å². The molecule has 1 aliphatic rings. The van der Waals surface area contributed by atoms with Crippen LogP contribution in [-0.2, 0) is 9.59 Å². The first kappa shape index (κ1) is 16.3. The minimum atomic E-state index is -0.269. The Balaban J connectivity index is 1.76. The standard InChI is InChI=1S/C19H18N2O2S/c1-13(14-8-4-3-5-9-14)20-18(22)12-17-19(23)21(2)15-10-6-7-11-16(15)24-17/h3-13H,1-2H3,(H,20,22)/b17-12+/t13-/m1/s1. The van der Waals surface area contributed by atoms with Gasteiger partial charge in [-0.25, -0.2) is 0 Å². The second-order valence-corrected chi connectivity index (χ2v) is 6.67. The van der Waals surface area contributed by atoms with Crippen LogP contribution in [0.4, 0.5) is 5.69 Å². The molecule has 2 aromatic rings. The first-order valence-electron chi connectivity index (χ1n) is 7.68. The second kappa shape index (κ2) is 6.93. The summed E-state index contributed by atoms with van der Waals surface area (Å²) in [6.45, 7) is 1.92. The molecule has 0 aliphatic carbocycles. The van der Waals surface area contributed by atoms with Crippen LogP contribution < -0.4 is 10.2 Å². The average Bonchev–Trinajstić information content (AvgIpc) is 2.60. The molecule has 5 heteroatoms. The van der Waals surface area contributed by atoms with Crippen LogP contribution in [0, 0.1) is 0 Å². The number of benzene rings is 2. The molecule has 0 unspecified atom stereocenters. The second-order valence-electron chi connectivity index (χ2n) is 5.58. The fraction of sp³-hybridized carbons (Fsp3) is 0.158. The lowest BCUT2D eigenvalue weighted by atomic mass is 10.1.